The summed E-state index contributed by atoms with van der Waals surface area (Å²) in [5.41, 5.74) is 4.27. The van der Waals surface area contributed by atoms with Crippen LogP contribution in [0.25, 0.3) is 0 Å². The molecular formula is C19H28O. The molecule has 1 aliphatic rings. The summed E-state index contributed by atoms with van der Waals surface area (Å²) in [5, 5.41) is 9.73. The number of allylic oxidation sites excluding steroid dienone is 2. The second-order valence-corrected chi connectivity index (χ2v) is 6.73. The Bertz CT molecular complexity index is 483. The van der Waals surface area contributed by atoms with E-state index in [-0.39, 0.29) is 0 Å². The second kappa shape index (κ2) is 6.47. The van der Waals surface area contributed by atoms with Crippen LogP contribution in [0.1, 0.15) is 76.3 Å². The van der Waals surface area contributed by atoms with Crippen molar-refractivity contribution in [2.24, 2.45) is 5.92 Å². The molecule has 1 aromatic rings. The minimum Gasteiger partial charge on any atom is -0.508 e. The van der Waals surface area contributed by atoms with Crippen molar-refractivity contribution in [1.29, 1.82) is 0 Å². The van der Waals surface area contributed by atoms with E-state index < -0.39 is 0 Å². The fraction of sp³-hybridized carbons (Fsp3) is 0.579. The third-order valence-electron chi connectivity index (χ3n) is 4.77. The van der Waals surface area contributed by atoms with Crippen molar-refractivity contribution < 1.29 is 5.11 Å². The minimum absolute atomic E-state index is 0.411. The zero-order chi connectivity index (χ0) is 14.7. The van der Waals surface area contributed by atoms with Crippen molar-refractivity contribution in [3.63, 3.8) is 0 Å². The van der Waals surface area contributed by atoms with Gasteiger partial charge in [0.2, 0.25) is 0 Å². The van der Waals surface area contributed by atoms with Gasteiger partial charge in [-0.05, 0) is 80.5 Å². The van der Waals surface area contributed by atoms with Crippen LogP contribution in [0, 0.1) is 5.92 Å². The molecule has 0 spiro atoms. The molecule has 0 bridgehead atoms. The van der Waals surface area contributed by atoms with Crippen LogP contribution >= 0.6 is 0 Å². The van der Waals surface area contributed by atoms with Crippen LogP contribution in [0.4, 0.5) is 0 Å². The highest BCUT2D eigenvalue weighted by atomic mass is 16.3. The van der Waals surface area contributed by atoms with E-state index in [1.54, 1.807) is 0 Å². The van der Waals surface area contributed by atoms with Gasteiger partial charge < -0.3 is 5.11 Å². The molecule has 1 N–H and O–H groups in total. The fourth-order valence-corrected chi connectivity index (χ4v) is 3.49. The first kappa shape index (κ1) is 15.2. The predicted octanol–water partition coefficient (Wildman–Crippen LogP) is 5.76. The molecule has 0 amide bonds. The number of hydrogen-bond acceptors (Lipinski definition) is 1. The van der Waals surface area contributed by atoms with Crippen LogP contribution in [0.15, 0.2) is 29.8 Å². The Hall–Kier alpha value is -1.24. The van der Waals surface area contributed by atoms with Crippen LogP contribution in [0.2, 0.25) is 0 Å². The molecule has 0 aliphatic heterocycles. The van der Waals surface area contributed by atoms with Gasteiger partial charge in [0.1, 0.15) is 5.75 Å². The lowest BCUT2D eigenvalue weighted by atomic mass is 9.71. The average Bonchev–Trinajstić information content (AvgIpc) is 2.39. The van der Waals surface area contributed by atoms with Gasteiger partial charge in [-0.3, -0.25) is 0 Å². The normalized spacial score (nSPS) is 23.0. The first-order valence-electron chi connectivity index (χ1n) is 7.95. The highest BCUT2D eigenvalue weighted by Gasteiger charge is 2.28. The molecule has 2 rings (SSSR count). The SMILES string of the molecule is CC(C)=CCC[C@H](C)[C@H]1CC[C@H](C)c2cc(O)ccc21. The smallest absolute Gasteiger partial charge is 0.115 e. The summed E-state index contributed by atoms with van der Waals surface area (Å²) in [6.07, 6.45) is 7.32. The quantitative estimate of drug-likeness (QED) is 0.691. The Morgan fingerprint density at radius 3 is 2.75 bits per heavy atom. The van der Waals surface area contributed by atoms with E-state index in [1.807, 2.05) is 12.1 Å². The van der Waals surface area contributed by atoms with Gasteiger partial charge in [-0.2, -0.15) is 0 Å². The molecule has 0 heterocycles. The van der Waals surface area contributed by atoms with Gasteiger partial charge in [0.15, 0.2) is 0 Å². The van der Waals surface area contributed by atoms with E-state index in [0.29, 0.717) is 23.5 Å². The van der Waals surface area contributed by atoms with Crippen molar-refractivity contribution in [1.82, 2.24) is 0 Å². The number of rotatable bonds is 4. The first-order valence-corrected chi connectivity index (χ1v) is 7.95. The Balaban J connectivity index is 2.14. The van der Waals surface area contributed by atoms with Gasteiger partial charge in [-0.25, -0.2) is 0 Å². The van der Waals surface area contributed by atoms with Crippen molar-refractivity contribution in [3.8, 4) is 5.75 Å². The summed E-state index contributed by atoms with van der Waals surface area (Å²) in [6, 6.07) is 5.99. The Morgan fingerprint density at radius 1 is 1.30 bits per heavy atom. The molecule has 0 fully saturated rings. The predicted molar refractivity (Wildman–Crippen MR) is 86.3 cm³/mol. The van der Waals surface area contributed by atoms with Crippen molar-refractivity contribution >= 4 is 0 Å². The molecule has 1 heteroatoms. The maximum Gasteiger partial charge on any atom is 0.115 e. The molecule has 110 valence electrons. The largest absolute Gasteiger partial charge is 0.508 e. The summed E-state index contributed by atoms with van der Waals surface area (Å²) in [6.45, 7) is 9.01. The van der Waals surface area contributed by atoms with Gasteiger partial charge in [0.25, 0.3) is 0 Å². The lowest BCUT2D eigenvalue weighted by Crippen LogP contribution is -2.18. The van der Waals surface area contributed by atoms with Gasteiger partial charge in [-0.15, -0.1) is 0 Å². The average molecular weight is 272 g/mol. The van der Waals surface area contributed by atoms with Crippen LogP contribution in [-0.4, -0.2) is 5.11 Å². The molecule has 3 atom stereocenters. The maximum atomic E-state index is 9.73. The summed E-state index contributed by atoms with van der Waals surface area (Å²) < 4.78 is 0. The van der Waals surface area contributed by atoms with Gasteiger partial charge in [0, 0.05) is 0 Å². The molecule has 20 heavy (non-hydrogen) atoms. The minimum atomic E-state index is 0.411. The van der Waals surface area contributed by atoms with E-state index in [0.717, 1.165) is 0 Å². The molecule has 1 nitrogen and oxygen atoms in total. The molecule has 0 saturated carbocycles. The number of phenols is 1. The van der Waals surface area contributed by atoms with Crippen LogP contribution in [0.5, 0.6) is 5.75 Å². The standard InChI is InChI=1S/C19H28O/c1-13(2)6-5-7-14(3)17-10-8-15(4)19-12-16(20)9-11-18(17)19/h6,9,11-12,14-15,17,20H,5,7-8,10H2,1-4H3/t14-,15-,17+/m0/s1. The van der Waals surface area contributed by atoms with Gasteiger partial charge in [0.05, 0.1) is 0 Å². The summed E-state index contributed by atoms with van der Waals surface area (Å²) >= 11 is 0. The molecule has 0 saturated heterocycles. The number of benzene rings is 1. The van der Waals surface area contributed by atoms with Crippen LogP contribution < -0.4 is 0 Å². The highest BCUT2D eigenvalue weighted by Crippen LogP contribution is 2.44. The lowest BCUT2D eigenvalue weighted by molar-refractivity contribution is 0.369. The maximum absolute atomic E-state index is 9.73. The zero-order valence-electron chi connectivity index (χ0n) is 13.3. The Labute approximate surface area is 123 Å². The molecule has 0 aromatic heterocycles. The highest BCUT2D eigenvalue weighted by molar-refractivity contribution is 5.41. The fourth-order valence-electron chi connectivity index (χ4n) is 3.49. The monoisotopic (exact) mass is 272 g/mol. The topological polar surface area (TPSA) is 20.2 Å². The zero-order valence-corrected chi connectivity index (χ0v) is 13.3. The summed E-state index contributed by atoms with van der Waals surface area (Å²) in [7, 11) is 0. The van der Waals surface area contributed by atoms with Crippen molar-refractivity contribution in [2.45, 2.75) is 65.2 Å². The number of aromatic hydroxyl groups is 1. The third kappa shape index (κ3) is 3.45. The molecule has 0 radical (unpaired) electrons. The summed E-state index contributed by atoms with van der Waals surface area (Å²) in [5.74, 6) is 2.36. The van der Waals surface area contributed by atoms with Crippen LogP contribution in [-0.2, 0) is 0 Å². The van der Waals surface area contributed by atoms with Gasteiger partial charge >= 0.3 is 0 Å². The lowest BCUT2D eigenvalue weighted by Gasteiger charge is -2.33. The Kier molecular flexibility index (Phi) is 4.91. The number of fused-ring (bicyclic) bond motifs is 1. The summed E-state index contributed by atoms with van der Waals surface area (Å²) in [4.78, 5) is 0. The van der Waals surface area contributed by atoms with E-state index in [2.05, 4.69) is 39.8 Å². The van der Waals surface area contributed by atoms with Crippen LogP contribution in [0.3, 0.4) is 0 Å². The van der Waals surface area contributed by atoms with Crippen molar-refractivity contribution in [3.05, 3.63) is 41.0 Å². The third-order valence-corrected chi connectivity index (χ3v) is 4.77. The van der Waals surface area contributed by atoms with Gasteiger partial charge in [-0.1, -0.05) is 31.6 Å². The number of phenolic OH excluding ortho intramolecular Hbond substituents is 1. The van der Waals surface area contributed by atoms with E-state index in [4.69, 9.17) is 0 Å². The van der Waals surface area contributed by atoms with E-state index in [9.17, 15) is 5.11 Å². The molecule has 1 aliphatic carbocycles. The van der Waals surface area contributed by atoms with E-state index >= 15 is 0 Å². The Morgan fingerprint density at radius 2 is 2.05 bits per heavy atom. The first-order chi connectivity index (χ1) is 9.49. The van der Waals surface area contributed by atoms with E-state index in [1.165, 1.54) is 42.4 Å². The molecule has 0 unspecified atom stereocenters. The van der Waals surface area contributed by atoms with Crippen molar-refractivity contribution in [2.75, 3.05) is 0 Å². The second-order valence-electron chi connectivity index (χ2n) is 6.73. The molecular weight excluding hydrogens is 244 g/mol. The number of hydrogen-bond donors (Lipinski definition) is 1. The molecule has 1 aromatic carbocycles.